The summed E-state index contributed by atoms with van der Waals surface area (Å²) in [6, 6.07) is 17.1. The molecule has 134 valence electrons. The molecule has 0 N–H and O–H groups in total. The van der Waals surface area contributed by atoms with E-state index in [9.17, 15) is 13.2 Å². The molecule has 1 amide bonds. The number of fused-ring (bicyclic) bond motifs is 1. The second-order valence-corrected chi connectivity index (χ2v) is 8.76. The summed E-state index contributed by atoms with van der Waals surface area (Å²) in [7, 11) is -3.50. The van der Waals surface area contributed by atoms with Crippen LogP contribution in [0.1, 0.15) is 24.0 Å². The average molecular weight is 367 g/mol. The lowest BCUT2D eigenvalue weighted by Crippen LogP contribution is -2.39. The molecule has 0 bridgehead atoms. The highest BCUT2D eigenvalue weighted by molar-refractivity contribution is 7.95. The molecule has 0 radical (unpaired) electrons. The maximum Gasteiger partial charge on any atom is 0.255 e. The van der Waals surface area contributed by atoms with Crippen molar-refractivity contribution >= 4 is 21.3 Å². The molecular weight excluding hydrogens is 346 g/mol. The molecule has 1 saturated heterocycles. The van der Waals surface area contributed by atoms with E-state index in [1.54, 1.807) is 29.2 Å². The predicted molar refractivity (Wildman–Crippen MR) is 101 cm³/mol. The lowest BCUT2D eigenvalue weighted by molar-refractivity contribution is -0.126. The second kappa shape index (κ2) is 6.72. The zero-order valence-electron chi connectivity index (χ0n) is 14.5. The zero-order valence-corrected chi connectivity index (χ0v) is 15.3. The molecule has 0 saturated carbocycles. The Morgan fingerprint density at radius 3 is 2.35 bits per heavy atom. The maximum absolute atomic E-state index is 12.9. The van der Waals surface area contributed by atoms with Crippen LogP contribution in [0.5, 0.6) is 0 Å². The smallest absolute Gasteiger partial charge is 0.255 e. The van der Waals surface area contributed by atoms with Gasteiger partial charge in [0, 0.05) is 24.1 Å². The molecule has 26 heavy (non-hydrogen) atoms. The Bertz CT molecular complexity index is 956. The summed E-state index contributed by atoms with van der Waals surface area (Å²) >= 11 is 0. The Morgan fingerprint density at radius 2 is 1.62 bits per heavy atom. The van der Waals surface area contributed by atoms with Gasteiger partial charge in [0.1, 0.15) is 0 Å². The lowest BCUT2D eigenvalue weighted by Gasteiger charge is -2.32. The number of sulfone groups is 1. The van der Waals surface area contributed by atoms with E-state index in [1.165, 1.54) is 5.56 Å². The zero-order chi connectivity index (χ0) is 18.1. The van der Waals surface area contributed by atoms with Crippen molar-refractivity contribution in [1.29, 1.82) is 0 Å². The van der Waals surface area contributed by atoms with Crippen molar-refractivity contribution in [3.8, 4) is 0 Å². The summed E-state index contributed by atoms with van der Waals surface area (Å²) in [5, 5.41) is 1.13. The Balaban J connectivity index is 1.45. The van der Waals surface area contributed by atoms with Crippen LogP contribution in [0, 0.1) is 5.92 Å². The van der Waals surface area contributed by atoms with Crippen LogP contribution in [0.25, 0.3) is 5.57 Å². The average Bonchev–Trinajstić information content (AvgIpc) is 2.94. The summed E-state index contributed by atoms with van der Waals surface area (Å²) in [6.45, 7) is 1.35. The van der Waals surface area contributed by atoms with Crippen LogP contribution in [0.2, 0.25) is 0 Å². The fourth-order valence-corrected chi connectivity index (χ4v) is 5.26. The van der Waals surface area contributed by atoms with E-state index in [0.717, 1.165) is 24.7 Å². The fraction of sp³-hybridized carbons (Fsp3) is 0.286. The SMILES string of the molecule is O=C(C1=CS(=O)(=O)c2ccccc21)N1CCC(Cc2ccccc2)CC1. The normalized spacial score (nSPS) is 19.1. The van der Waals surface area contributed by atoms with Gasteiger partial charge in [0.2, 0.25) is 9.84 Å². The van der Waals surface area contributed by atoms with Gasteiger partial charge in [0.25, 0.3) is 5.91 Å². The first-order valence-corrected chi connectivity index (χ1v) is 10.5. The third-order valence-corrected chi connectivity index (χ3v) is 6.77. The van der Waals surface area contributed by atoms with Gasteiger partial charge in [-0.05, 0) is 36.8 Å². The van der Waals surface area contributed by atoms with Gasteiger partial charge < -0.3 is 4.90 Å². The van der Waals surface area contributed by atoms with Gasteiger partial charge >= 0.3 is 0 Å². The fourth-order valence-electron chi connectivity index (χ4n) is 3.84. The topological polar surface area (TPSA) is 54.5 Å². The summed E-state index contributed by atoms with van der Waals surface area (Å²) in [6.07, 6.45) is 2.92. The number of nitrogens with zero attached hydrogens (tertiary/aromatic N) is 1. The summed E-state index contributed by atoms with van der Waals surface area (Å²) in [5.74, 6) is 0.395. The summed E-state index contributed by atoms with van der Waals surface area (Å²) < 4.78 is 24.5. The van der Waals surface area contributed by atoms with Gasteiger partial charge in [0.05, 0.1) is 10.5 Å². The quantitative estimate of drug-likeness (QED) is 0.836. The van der Waals surface area contributed by atoms with Crippen molar-refractivity contribution in [3.05, 3.63) is 71.1 Å². The first-order chi connectivity index (χ1) is 12.5. The summed E-state index contributed by atoms with van der Waals surface area (Å²) in [4.78, 5) is 14.9. The van der Waals surface area contributed by atoms with Crippen molar-refractivity contribution in [3.63, 3.8) is 0 Å². The Morgan fingerprint density at radius 1 is 0.962 bits per heavy atom. The molecule has 1 fully saturated rings. The minimum atomic E-state index is -3.50. The molecule has 2 heterocycles. The number of likely N-dealkylation sites (tertiary alicyclic amines) is 1. The van der Waals surface area contributed by atoms with Gasteiger partial charge in [-0.3, -0.25) is 4.79 Å². The van der Waals surface area contributed by atoms with E-state index < -0.39 is 9.84 Å². The van der Waals surface area contributed by atoms with Gasteiger partial charge in [0.15, 0.2) is 0 Å². The van der Waals surface area contributed by atoms with Crippen LogP contribution < -0.4 is 0 Å². The van der Waals surface area contributed by atoms with E-state index in [1.807, 2.05) is 6.07 Å². The Hall–Kier alpha value is -2.40. The largest absolute Gasteiger partial charge is 0.339 e. The minimum absolute atomic E-state index is 0.170. The van der Waals surface area contributed by atoms with Crippen molar-refractivity contribution in [2.45, 2.75) is 24.2 Å². The third-order valence-electron chi connectivity index (χ3n) is 5.26. The number of amides is 1. The third kappa shape index (κ3) is 3.19. The molecule has 4 rings (SSSR count). The minimum Gasteiger partial charge on any atom is -0.339 e. The van der Waals surface area contributed by atoms with E-state index in [0.29, 0.717) is 30.1 Å². The summed E-state index contributed by atoms with van der Waals surface area (Å²) in [5.41, 5.74) is 2.17. The molecule has 0 aromatic heterocycles. The molecule has 2 aliphatic heterocycles. The number of hydrogen-bond acceptors (Lipinski definition) is 3. The van der Waals surface area contributed by atoms with Crippen molar-refractivity contribution in [2.24, 2.45) is 5.92 Å². The molecule has 0 aliphatic carbocycles. The van der Waals surface area contributed by atoms with E-state index in [-0.39, 0.29) is 10.8 Å². The number of carbonyl (C=O) groups is 1. The van der Waals surface area contributed by atoms with Crippen molar-refractivity contribution in [2.75, 3.05) is 13.1 Å². The van der Waals surface area contributed by atoms with Crippen LogP contribution in [0.15, 0.2) is 64.9 Å². The van der Waals surface area contributed by atoms with Crippen LogP contribution in [-0.4, -0.2) is 32.3 Å². The van der Waals surface area contributed by atoms with Crippen molar-refractivity contribution in [1.82, 2.24) is 4.90 Å². The molecular formula is C21H21NO3S. The van der Waals surface area contributed by atoms with E-state index in [4.69, 9.17) is 0 Å². The monoisotopic (exact) mass is 367 g/mol. The standard InChI is InChI=1S/C21H21NO3S/c23-21(19-15-26(24,25)20-9-5-4-8-18(19)20)22-12-10-17(11-13-22)14-16-6-2-1-3-7-16/h1-9,15,17H,10-14H2. The number of piperidine rings is 1. The molecule has 2 aromatic rings. The highest BCUT2D eigenvalue weighted by Gasteiger charge is 2.33. The number of rotatable bonds is 3. The highest BCUT2D eigenvalue weighted by Crippen LogP contribution is 2.35. The number of hydrogen-bond donors (Lipinski definition) is 0. The van der Waals surface area contributed by atoms with Crippen molar-refractivity contribution < 1.29 is 13.2 Å². The Labute approximate surface area is 154 Å². The number of benzene rings is 2. The first kappa shape index (κ1) is 17.0. The Kier molecular flexibility index (Phi) is 4.41. The highest BCUT2D eigenvalue weighted by atomic mass is 32.2. The van der Waals surface area contributed by atoms with Gasteiger partial charge in [-0.1, -0.05) is 48.5 Å². The number of carbonyl (C=O) groups excluding carboxylic acids is 1. The van der Waals surface area contributed by atoms with Crippen LogP contribution in [0.4, 0.5) is 0 Å². The first-order valence-electron chi connectivity index (χ1n) is 8.94. The molecule has 0 atom stereocenters. The maximum atomic E-state index is 12.9. The van der Waals surface area contributed by atoms with Gasteiger partial charge in [-0.25, -0.2) is 8.42 Å². The van der Waals surface area contributed by atoms with Crippen LogP contribution in [0.3, 0.4) is 0 Å². The molecule has 2 aromatic carbocycles. The van der Waals surface area contributed by atoms with E-state index >= 15 is 0 Å². The van der Waals surface area contributed by atoms with Gasteiger partial charge in [-0.15, -0.1) is 0 Å². The predicted octanol–water partition coefficient (Wildman–Crippen LogP) is 3.30. The van der Waals surface area contributed by atoms with Crippen LogP contribution >= 0.6 is 0 Å². The van der Waals surface area contributed by atoms with Crippen LogP contribution in [-0.2, 0) is 21.1 Å². The van der Waals surface area contributed by atoms with Gasteiger partial charge in [-0.2, -0.15) is 0 Å². The molecule has 5 heteroatoms. The lowest BCUT2D eigenvalue weighted by atomic mass is 9.90. The molecule has 0 unspecified atom stereocenters. The second-order valence-electron chi connectivity index (χ2n) is 7.00. The van der Waals surface area contributed by atoms with E-state index in [2.05, 4.69) is 24.3 Å². The molecule has 0 spiro atoms. The molecule has 4 nitrogen and oxygen atoms in total. The molecule has 2 aliphatic rings.